The van der Waals surface area contributed by atoms with Gasteiger partial charge in [0.05, 0.1) is 18.4 Å². The molecule has 0 radical (unpaired) electrons. The van der Waals surface area contributed by atoms with E-state index in [1.54, 1.807) is 0 Å². The van der Waals surface area contributed by atoms with Gasteiger partial charge < -0.3 is 15.0 Å². The molecule has 1 aromatic rings. The zero-order valence-electron chi connectivity index (χ0n) is 16.5. The summed E-state index contributed by atoms with van der Waals surface area (Å²) in [5.74, 6) is 1.01. The van der Waals surface area contributed by atoms with Crippen LogP contribution in [0.1, 0.15) is 67.4 Å². The lowest BCUT2D eigenvalue weighted by Crippen LogP contribution is -2.38. The molecule has 0 bridgehead atoms. The predicted molar refractivity (Wildman–Crippen MR) is 105 cm³/mol. The summed E-state index contributed by atoms with van der Waals surface area (Å²) in [7, 11) is 1.44. The fraction of sp³-hybridized carbons (Fsp3) is 0.667. The number of esters is 1. The van der Waals surface area contributed by atoms with E-state index in [0.29, 0.717) is 23.9 Å². The number of hydrogen-bond donors (Lipinski definition) is 1. The average Bonchev–Trinajstić information content (AvgIpc) is 2.68. The summed E-state index contributed by atoms with van der Waals surface area (Å²) in [6.45, 7) is 3.63. The van der Waals surface area contributed by atoms with Gasteiger partial charge in [-0.15, -0.1) is 0 Å². The van der Waals surface area contributed by atoms with E-state index in [-0.39, 0.29) is 11.9 Å². The van der Waals surface area contributed by atoms with Crippen LogP contribution in [0.15, 0.2) is 12.1 Å². The number of aryl methyl sites for hydroxylation is 1. The largest absolute Gasteiger partial charge is 0.469 e. The number of aromatic nitrogens is 1. The van der Waals surface area contributed by atoms with Gasteiger partial charge in [-0.1, -0.05) is 19.3 Å². The molecule has 2 aliphatic rings. The van der Waals surface area contributed by atoms with Gasteiger partial charge in [0.15, 0.2) is 0 Å². The van der Waals surface area contributed by atoms with Crippen LogP contribution in [-0.2, 0) is 9.53 Å². The first-order chi connectivity index (χ1) is 13.1. The third-order valence-corrected chi connectivity index (χ3v) is 5.78. The lowest BCUT2D eigenvalue weighted by Gasteiger charge is -2.33. The van der Waals surface area contributed by atoms with Crippen molar-refractivity contribution in [3.05, 3.63) is 23.4 Å². The Morgan fingerprint density at radius 2 is 1.96 bits per heavy atom. The number of rotatable bonds is 5. The standard InChI is InChI=1S/C21H31N3O3/c1-15-18(21(26)23-17-8-4-3-5-9-17)10-11-19(22-15)24-12-6-7-16(14-24)13-20(25)27-2/h10-11,16-17H,3-9,12-14H2,1-2H3,(H,23,26)/t16-/m0/s1. The Hall–Kier alpha value is -2.11. The van der Waals surface area contributed by atoms with Gasteiger partial charge >= 0.3 is 5.97 Å². The molecule has 6 heteroatoms. The lowest BCUT2D eigenvalue weighted by molar-refractivity contribution is -0.141. The average molecular weight is 373 g/mol. The maximum atomic E-state index is 12.6. The predicted octanol–water partition coefficient (Wildman–Crippen LogP) is 3.23. The van der Waals surface area contributed by atoms with Gasteiger partial charge in [0.2, 0.25) is 0 Å². The van der Waals surface area contributed by atoms with E-state index in [2.05, 4.69) is 10.2 Å². The fourth-order valence-electron chi connectivity index (χ4n) is 4.23. The molecule has 1 saturated heterocycles. The van der Waals surface area contributed by atoms with Crippen LogP contribution in [0.5, 0.6) is 0 Å². The molecule has 0 aromatic carbocycles. The molecule has 1 saturated carbocycles. The van der Waals surface area contributed by atoms with E-state index in [0.717, 1.165) is 50.3 Å². The van der Waals surface area contributed by atoms with E-state index in [4.69, 9.17) is 9.72 Å². The van der Waals surface area contributed by atoms with Gasteiger partial charge in [-0.3, -0.25) is 9.59 Å². The second kappa shape index (κ2) is 9.20. The fourth-order valence-corrected chi connectivity index (χ4v) is 4.23. The third kappa shape index (κ3) is 5.21. The van der Waals surface area contributed by atoms with E-state index < -0.39 is 0 Å². The monoisotopic (exact) mass is 373 g/mol. The molecule has 0 unspecified atom stereocenters. The van der Waals surface area contributed by atoms with Crippen molar-refractivity contribution in [2.75, 3.05) is 25.1 Å². The Labute approximate surface area is 161 Å². The van der Waals surface area contributed by atoms with Crippen molar-refractivity contribution in [3.63, 3.8) is 0 Å². The first kappa shape index (κ1) is 19.6. The number of hydrogen-bond acceptors (Lipinski definition) is 5. The summed E-state index contributed by atoms with van der Waals surface area (Å²) >= 11 is 0. The minimum Gasteiger partial charge on any atom is -0.469 e. The number of carbonyl (C=O) groups is 2. The molecule has 1 aromatic heterocycles. The van der Waals surface area contributed by atoms with Crippen LogP contribution in [0.25, 0.3) is 0 Å². The van der Waals surface area contributed by atoms with E-state index in [9.17, 15) is 9.59 Å². The molecule has 1 amide bonds. The Morgan fingerprint density at radius 1 is 1.19 bits per heavy atom. The van der Waals surface area contributed by atoms with Gasteiger partial charge in [0, 0.05) is 25.6 Å². The molecule has 3 rings (SSSR count). The second-order valence-electron chi connectivity index (χ2n) is 7.85. The summed E-state index contributed by atoms with van der Waals surface area (Å²) in [5, 5.41) is 3.17. The van der Waals surface area contributed by atoms with E-state index >= 15 is 0 Å². The summed E-state index contributed by atoms with van der Waals surface area (Å²) in [6.07, 6.45) is 8.34. The Balaban J connectivity index is 1.63. The number of pyridine rings is 1. The van der Waals surface area contributed by atoms with Crippen LogP contribution in [0.2, 0.25) is 0 Å². The Morgan fingerprint density at radius 3 is 2.67 bits per heavy atom. The first-order valence-corrected chi connectivity index (χ1v) is 10.2. The van der Waals surface area contributed by atoms with Crippen molar-refractivity contribution in [3.8, 4) is 0 Å². The zero-order valence-corrected chi connectivity index (χ0v) is 16.5. The van der Waals surface area contributed by atoms with Gasteiger partial charge in [-0.05, 0) is 50.7 Å². The van der Waals surface area contributed by atoms with Crippen molar-refractivity contribution < 1.29 is 14.3 Å². The molecule has 2 heterocycles. The number of ether oxygens (including phenoxy) is 1. The lowest BCUT2D eigenvalue weighted by atomic mass is 9.94. The van der Waals surface area contributed by atoms with Crippen LogP contribution < -0.4 is 10.2 Å². The second-order valence-corrected chi connectivity index (χ2v) is 7.85. The molecule has 148 valence electrons. The number of nitrogens with one attached hydrogen (secondary N) is 1. The highest BCUT2D eigenvalue weighted by Crippen LogP contribution is 2.25. The van der Waals surface area contributed by atoms with Crippen molar-refractivity contribution in [2.24, 2.45) is 5.92 Å². The number of anilines is 1. The highest BCUT2D eigenvalue weighted by Gasteiger charge is 2.24. The molecule has 1 aliphatic heterocycles. The first-order valence-electron chi connectivity index (χ1n) is 10.2. The van der Waals surface area contributed by atoms with Crippen LogP contribution >= 0.6 is 0 Å². The molecule has 6 nitrogen and oxygen atoms in total. The molecule has 1 aliphatic carbocycles. The van der Waals surface area contributed by atoms with Gasteiger partial charge in [-0.2, -0.15) is 0 Å². The Kier molecular flexibility index (Phi) is 6.69. The molecule has 2 fully saturated rings. The molecular formula is C21H31N3O3. The summed E-state index contributed by atoms with van der Waals surface area (Å²) < 4.78 is 4.80. The number of nitrogens with zero attached hydrogens (tertiary/aromatic N) is 2. The third-order valence-electron chi connectivity index (χ3n) is 5.78. The minimum absolute atomic E-state index is 0.0133. The van der Waals surface area contributed by atoms with Crippen molar-refractivity contribution in [2.45, 2.75) is 64.3 Å². The summed E-state index contributed by atoms with van der Waals surface area (Å²) in [6, 6.07) is 4.12. The van der Waals surface area contributed by atoms with Crippen molar-refractivity contribution in [1.29, 1.82) is 0 Å². The molecular weight excluding hydrogens is 342 g/mol. The highest BCUT2D eigenvalue weighted by molar-refractivity contribution is 5.95. The van der Waals surface area contributed by atoms with Crippen LogP contribution in [0.3, 0.4) is 0 Å². The summed E-state index contributed by atoms with van der Waals surface area (Å²) in [4.78, 5) is 31.1. The van der Waals surface area contributed by atoms with Crippen molar-refractivity contribution in [1.82, 2.24) is 10.3 Å². The topological polar surface area (TPSA) is 71.5 Å². The minimum atomic E-state index is -0.152. The number of carbonyl (C=O) groups excluding carboxylic acids is 2. The highest BCUT2D eigenvalue weighted by atomic mass is 16.5. The van der Waals surface area contributed by atoms with Crippen LogP contribution in [-0.4, -0.2) is 43.1 Å². The van der Waals surface area contributed by atoms with Gasteiger partial charge in [-0.25, -0.2) is 4.98 Å². The maximum absolute atomic E-state index is 12.6. The summed E-state index contributed by atoms with van der Waals surface area (Å²) in [5.41, 5.74) is 1.42. The molecule has 0 spiro atoms. The zero-order chi connectivity index (χ0) is 19.2. The van der Waals surface area contributed by atoms with Gasteiger partial charge in [0.25, 0.3) is 5.91 Å². The SMILES string of the molecule is COC(=O)C[C@@H]1CCCN(c2ccc(C(=O)NC3CCCCC3)c(C)n2)C1. The van der Waals surface area contributed by atoms with Crippen molar-refractivity contribution >= 4 is 17.7 Å². The smallest absolute Gasteiger partial charge is 0.305 e. The van der Waals surface area contributed by atoms with E-state index in [1.807, 2.05) is 19.1 Å². The number of methoxy groups -OCH3 is 1. The maximum Gasteiger partial charge on any atom is 0.305 e. The number of piperidine rings is 1. The van der Waals surface area contributed by atoms with E-state index in [1.165, 1.54) is 26.4 Å². The Bertz CT molecular complexity index is 671. The number of amides is 1. The quantitative estimate of drug-likeness (QED) is 0.803. The molecule has 1 atom stereocenters. The van der Waals surface area contributed by atoms with Crippen LogP contribution in [0.4, 0.5) is 5.82 Å². The molecule has 27 heavy (non-hydrogen) atoms. The van der Waals surface area contributed by atoms with Gasteiger partial charge in [0.1, 0.15) is 5.82 Å². The normalized spacial score (nSPS) is 21.0. The molecule has 1 N–H and O–H groups in total. The van der Waals surface area contributed by atoms with Crippen LogP contribution in [0, 0.1) is 12.8 Å².